The number of piperazine rings is 1. The van der Waals surface area contributed by atoms with Crippen LogP contribution in [0.4, 0.5) is 13.2 Å². The van der Waals surface area contributed by atoms with E-state index in [1.807, 2.05) is 4.90 Å². The smallest absolute Gasteiger partial charge is 0.391 e. The summed E-state index contributed by atoms with van der Waals surface area (Å²) in [6.07, 6.45) is -3.62. The fourth-order valence-electron chi connectivity index (χ4n) is 2.10. The lowest BCUT2D eigenvalue weighted by Gasteiger charge is -2.34. The Bertz CT molecular complexity index is 331. The van der Waals surface area contributed by atoms with Crippen molar-refractivity contribution in [1.29, 1.82) is 0 Å². The molecule has 0 aromatic carbocycles. The van der Waals surface area contributed by atoms with Crippen LogP contribution in [0.1, 0.15) is 18.2 Å². The van der Waals surface area contributed by atoms with Crippen molar-refractivity contribution >= 4 is 0 Å². The molecule has 0 aliphatic carbocycles. The molecular formula is C11H15F3N2O. The molecular weight excluding hydrogens is 233 g/mol. The van der Waals surface area contributed by atoms with Gasteiger partial charge in [0.15, 0.2) is 0 Å². The number of furan rings is 1. The van der Waals surface area contributed by atoms with Crippen LogP contribution >= 0.6 is 0 Å². The summed E-state index contributed by atoms with van der Waals surface area (Å²) in [5.74, 6) is 0.393. The predicted octanol–water partition coefficient (Wildman–Crippen LogP) is 2.18. The van der Waals surface area contributed by atoms with Crippen LogP contribution < -0.4 is 5.32 Å². The molecule has 2 rings (SSSR count). The highest BCUT2D eigenvalue weighted by atomic mass is 19.4. The number of alkyl halides is 3. The van der Waals surface area contributed by atoms with E-state index in [0.717, 1.165) is 13.1 Å². The molecule has 1 aliphatic rings. The number of halogens is 3. The van der Waals surface area contributed by atoms with Gasteiger partial charge in [-0.25, -0.2) is 0 Å². The number of nitrogens with zero attached hydrogens (tertiary/aromatic N) is 1. The Labute approximate surface area is 97.6 Å². The van der Waals surface area contributed by atoms with E-state index in [1.165, 1.54) is 6.26 Å². The molecule has 1 N–H and O–H groups in total. The van der Waals surface area contributed by atoms with Crippen molar-refractivity contribution in [1.82, 2.24) is 10.2 Å². The van der Waals surface area contributed by atoms with Gasteiger partial charge in [-0.3, -0.25) is 4.90 Å². The van der Waals surface area contributed by atoms with Crippen LogP contribution in [0.2, 0.25) is 0 Å². The monoisotopic (exact) mass is 248 g/mol. The molecule has 1 atom stereocenters. The minimum Gasteiger partial charge on any atom is -0.468 e. The number of rotatable bonds is 3. The van der Waals surface area contributed by atoms with Crippen molar-refractivity contribution in [2.75, 3.05) is 26.2 Å². The van der Waals surface area contributed by atoms with Gasteiger partial charge in [-0.15, -0.1) is 0 Å². The van der Waals surface area contributed by atoms with Crippen LogP contribution in [-0.2, 0) is 0 Å². The molecule has 0 unspecified atom stereocenters. The lowest BCUT2D eigenvalue weighted by atomic mass is 10.1. The van der Waals surface area contributed by atoms with Crippen molar-refractivity contribution in [2.24, 2.45) is 0 Å². The molecule has 0 amide bonds. The molecule has 0 spiro atoms. The molecule has 0 saturated carbocycles. The standard InChI is InChI=1S/C11H15F3N2O/c12-11(13,14)8-9(10-2-1-7-17-10)16-5-3-15-4-6-16/h1-2,7,9,15H,3-6,8H2/t9-/m0/s1. The molecule has 1 aliphatic heterocycles. The van der Waals surface area contributed by atoms with Crippen LogP contribution in [0.25, 0.3) is 0 Å². The molecule has 0 radical (unpaired) electrons. The van der Waals surface area contributed by atoms with E-state index in [0.29, 0.717) is 18.8 Å². The van der Waals surface area contributed by atoms with Crippen LogP contribution in [0, 0.1) is 0 Å². The fraction of sp³-hybridized carbons (Fsp3) is 0.636. The average molecular weight is 248 g/mol. The van der Waals surface area contributed by atoms with Gasteiger partial charge in [0.2, 0.25) is 0 Å². The number of hydrogen-bond donors (Lipinski definition) is 1. The SMILES string of the molecule is FC(F)(F)C[C@@H](c1ccco1)N1CCNCC1. The molecule has 96 valence electrons. The summed E-state index contributed by atoms with van der Waals surface area (Å²) in [4.78, 5) is 1.82. The summed E-state index contributed by atoms with van der Waals surface area (Å²) >= 11 is 0. The summed E-state index contributed by atoms with van der Waals surface area (Å²) in [6.45, 7) is 2.66. The van der Waals surface area contributed by atoms with E-state index >= 15 is 0 Å². The normalized spacial score (nSPS) is 20.4. The molecule has 3 nitrogen and oxygen atoms in total. The van der Waals surface area contributed by atoms with Gasteiger partial charge in [0.05, 0.1) is 18.7 Å². The molecule has 2 heterocycles. The topological polar surface area (TPSA) is 28.4 Å². The first-order valence-electron chi connectivity index (χ1n) is 5.61. The first-order valence-corrected chi connectivity index (χ1v) is 5.61. The summed E-state index contributed by atoms with van der Waals surface area (Å²) in [6, 6.07) is 2.53. The van der Waals surface area contributed by atoms with Gasteiger partial charge < -0.3 is 9.73 Å². The Morgan fingerprint density at radius 1 is 1.35 bits per heavy atom. The molecule has 1 aromatic rings. The largest absolute Gasteiger partial charge is 0.468 e. The summed E-state index contributed by atoms with van der Waals surface area (Å²) in [5, 5.41) is 3.12. The molecule has 6 heteroatoms. The highest BCUT2D eigenvalue weighted by molar-refractivity contribution is 5.06. The first-order chi connectivity index (χ1) is 8.06. The minimum absolute atomic E-state index is 0.393. The van der Waals surface area contributed by atoms with Gasteiger partial charge in [-0.1, -0.05) is 0 Å². The zero-order valence-electron chi connectivity index (χ0n) is 9.33. The quantitative estimate of drug-likeness (QED) is 0.888. The Balaban J connectivity index is 2.12. The van der Waals surface area contributed by atoms with Crippen molar-refractivity contribution in [2.45, 2.75) is 18.6 Å². The Morgan fingerprint density at radius 3 is 2.59 bits per heavy atom. The Morgan fingerprint density at radius 2 is 2.06 bits per heavy atom. The summed E-state index contributed by atoms with van der Waals surface area (Å²) in [5.41, 5.74) is 0. The molecule has 1 aromatic heterocycles. The van der Waals surface area contributed by atoms with Crippen molar-refractivity contribution < 1.29 is 17.6 Å². The molecule has 17 heavy (non-hydrogen) atoms. The lowest BCUT2D eigenvalue weighted by molar-refractivity contribution is -0.150. The average Bonchev–Trinajstić information content (AvgIpc) is 2.79. The zero-order chi connectivity index (χ0) is 12.3. The maximum absolute atomic E-state index is 12.6. The van der Waals surface area contributed by atoms with Crippen LogP contribution in [0.5, 0.6) is 0 Å². The molecule has 1 saturated heterocycles. The van der Waals surface area contributed by atoms with Crippen molar-refractivity contribution in [3.8, 4) is 0 Å². The second-order valence-corrected chi connectivity index (χ2v) is 4.14. The second kappa shape index (κ2) is 5.10. The van der Waals surface area contributed by atoms with E-state index in [4.69, 9.17) is 4.42 Å². The van der Waals surface area contributed by atoms with E-state index in [2.05, 4.69) is 5.32 Å². The third kappa shape index (κ3) is 3.47. The van der Waals surface area contributed by atoms with E-state index in [-0.39, 0.29) is 0 Å². The minimum atomic E-state index is -4.18. The highest BCUT2D eigenvalue weighted by Crippen LogP contribution is 2.34. The first kappa shape index (κ1) is 12.4. The van der Waals surface area contributed by atoms with Gasteiger partial charge in [-0.2, -0.15) is 13.2 Å². The van der Waals surface area contributed by atoms with Gasteiger partial charge in [0.25, 0.3) is 0 Å². The maximum Gasteiger partial charge on any atom is 0.391 e. The highest BCUT2D eigenvalue weighted by Gasteiger charge is 2.37. The third-order valence-corrected chi connectivity index (χ3v) is 2.89. The van der Waals surface area contributed by atoms with E-state index < -0.39 is 18.6 Å². The van der Waals surface area contributed by atoms with E-state index in [9.17, 15) is 13.2 Å². The molecule has 0 bridgehead atoms. The van der Waals surface area contributed by atoms with E-state index in [1.54, 1.807) is 12.1 Å². The predicted molar refractivity (Wildman–Crippen MR) is 56.6 cm³/mol. The number of nitrogens with one attached hydrogen (secondary N) is 1. The van der Waals surface area contributed by atoms with Gasteiger partial charge in [0.1, 0.15) is 5.76 Å². The van der Waals surface area contributed by atoms with Crippen LogP contribution in [0.15, 0.2) is 22.8 Å². The van der Waals surface area contributed by atoms with Crippen LogP contribution in [-0.4, -0.2) is 37.3 Å². The maximum atomic E-state index is 12.6. The Hall–Kier alpha value is -1.01. The fourth-order valence-corrected chi connectivity index (χ4v) is 2.10. The Kier molecular flexibility index (Phi) is 3.73. The second-order valence-electron chi connectivity index (χ2n) is 4.14. The zero-order valence-corrected chi connectivity index (χ0v) is 9.33. The van der Waals surface area contributed by atoms with Gasteiger partial charge in [0, 0.05) is 26.2 Å². The summed E-state index contributed by atoms with van der Waals surface area (Å²) < 4.78 is 42.8. The van der Waals surface area contributed by atoms with Crippen molar-refractivity contribution in [3.05, 3.63) is 24.2 Å². The lowest BCUT2D eigenvalue weighted by Crippen LogP contribution is -2.46. The van der Waals surface area contributed by atoms with Gasteiger partial charge in [-0.05, 0) is 12.1 Å². The third-order valence-electron chi connectivity index (χ3n) is 2.89. The van der Waals surface area contributed by atoms with Crippen molar-refractivity contribution in [3.63, 3.8) is 0 Å². The number of hydrogen-bond acceptors (Lipinski definition) is 3. The van der Waals surface area contributed by atoms with Gasteiger partial charge >= 0.3 is 6.18 Å². The molecule has 1 fully saturated rings. The van der Waals surface area contributed by atoms with Crippen LogP contribution in [0.3, 0.4) is 0 Å². The summed E-state index contributed by atoms with van der Waals surface area (Å²) in [7, 11) is 0.